The summed E-state index contributed by atoms with van der Waals surface area (Å²) in [7, 11) is 0. The number of nitrogens with zero attached hydrogens (tertiary/aromatic N) is 3. The molecule has 2 rings (SSSR count). The summed E-state index contributed by atoms with van der Waals surface area (Å²) in [5, 5.41) is 3.46. The summed E-state index contributed by atoms with van der Waals surface area (Å²) < 4.78 is 0. The van der Waals surface area contributed by atoms with Gasteiger partial charge in [0.25, 0.3) is 0 Å². The zero-order valence-electron chi connectivity index (χ0n) is 13.2. The maximum atomic E-state index is 4.61. The standard InChI is InChI=1S/C16H28N4/c1-4-9-17-15-14(13(2)3)16(19-12-18-15)20-10-7-5-6-8-11-20/h12-13H,4-11H2,1-3H3,(H,17,18,19). The lowest BCUT2D eigenvalue weighted by molar-refractivity contribution is 0.726. The lowest BCUT2D eigenvalue weighted by Crippen LogP contribution is -2.27. The average molecular weight is 276 g/mol. The van der Waals surface area contributed by atoms with E-state index in [4.69, 9.17) is 0 Å². The van der Waals surface area contributed by atoms with Gasteiger partial charge in [0.15, 0.2) is 0 Å². The highest BCUT2D eigenvalue weighted by atomic mass is 15.2. The topological polar surface area (TPSA) is 41.1 Å². The first-order chi connectivity index (χ1) is 9.74. The van der Waals surface area contributed by atoms with E-state index in [0.29, 0.717) is 5.92 Å². The normalized spacial score (nSPS) is 16.3. The zero-order valence-corrected chi connectivity index (χ0v) is 13.2. The van der Waals surface area contributed by atoms with Crippen LogP contribution in [-0.2, 0) is 0 Å². The van der Waals surface area contributed by atoms with Gasteiger partial charge in [0.05, 0.1) is 0 Å². The van der Waals surface area contributed by atoms with Crippen molar-refractivity contribution in [1.29, 1.82) is 0 Å². The van der Waals surface area contributed by atoms with Crippen molar-refractivity contribution in [1.82, 2.24) is 9.97 Å². The number of hydrogen-bond donors (Lipinski definition) is 1. The Kier molecular flexibility index (Phi) is 5.62. The minimum absolute atomic E-state index is 0.439. The summed E-state index contributed by atoms with van der Waals surface area (Å²) in [5.41, 5.74) is 1.28. The molecule has 1 fully saturated rings. The SMILES string of the molecule is CCCNc1ncnc(N2CCCCCC2)c1C(C)C. The molecule has 1 aromatic heterocycles. The number of hydrogen-bond acceptors (Lipinski definition) is 4. The lowest BCUT2D eigenvalue weighted by Gasteiger charge is -2.26. The van der Waals surface area contributed by atoms with Crippen LogP contribution in [0.5, 0.6) is 0 Å². The number of aromatic nitrogens is 2. The molecular weight excluding hydrogens is 248 g/mol. The van der Waals surface area contributed by atoms with E-state index in [-0.39, 0.29) is 0 Å². The van der Waals surface area contributed by atoms with E-state index in [0.717, 1.165) is 37.7 Å². The van der Waals surface area contributed by atoms with Gasteiger partial charge in [-0.15, -0.1) is 0 Å². The molecule has 1 saturated heterocycles. The molecule has 2 heterocycles. The molecule has 0 aliphatic carbocycles. The van der Waals surface area contributed by atoms with Gasteiger partial charge in [-0.25, -0.2) is 9.97 Å². The monoisotopic (exact) mass is 276 g/mol. The summed E-state index contributed by atoms with van der Waals surface area (Å²) in [6, 6.07) is 0. The Bertz CT molecular complexity index is 409. The molecule has 0 unspecified atom stereocenters. The maximum absolute atomic E-state index is 4.61. The van der Waals surface area contributed by atoms with Crippen molar-refractivity contribution >= 4 is 11.6 Å². The van der Waals surface area contributed by atoms with Crippen LogP contribution in [0.2, 0.25) is 0 Å². The van der Waals surface area contributed by atoms with Gasteiger partial charge >= 0.3 is 0 Å². The molecule has 1 aromatic rings. The summed E-state index contributed by atoms with van der Waals surface area (Å²) in [6.45, 7) is 9.87. The quantitative estimate of drug-likeness (QED) is 0.888. The minimum atomic E-state index is 0.439. The van der Waals surface area contributed by atoms with E-state index in [1.165, 1.54) is 31.2 Å². The van der Waals surface area contributed by atoms with E-state index in [1.807, 2.05) is 0 Å². The van der Waals surface area contributed by atoms with Crippen molar-refractivity contribution in [2.45, 2.75) is 58.8 Å². The van der Waals surface area contributed by atoms with E-state index < -0.39 is 0 Å². The largest absolute Gasteiger partial charge is 0.370 e. The third kappa shape index (κ3) is 3.62. The van der Waals surface area contributed by atoms with Crippen LogP contribution in [0.25, 0.3) is 0 Å². The van der Waals surface area contributed by atoms with E-state index in [1.54, 1.807) is 6.33 Å². The van der Waals surface area contributed by atoms with Crippen LogP contribution >= 0.6 is 0 Å². The molecular formula is C16H28N4. The Morgan fingerprint density at radius 3 is 2.45 bits per heavy atom. The van der Waals surface area contributed by atoms with Crippen LogP contribution < -0.4 is 10.2 Å². The van der Waals surface area contributed by atoms with Crippen molar-refractivity contribution in [2.75, 3.05) is 29.9 Å². The van der Waals surface area contributed by atoms with Gasteiger partial charge in [-0.05, 0) is 25.2 Å². The second-order valence-electron chi connectivity index (χ2n) is 5.94. The first kappa shape index (κ1) is 15.1. The Morgan fingerprint density at radius 1 is 1.15 bits per heavy atom. The van der Waals surface area contributed by atoms with Crippen LogP contribution in [0.15, 0.2) is 6.33 Å². The van der Waals surface area contributed by atoms with Crippen LogP contribution in [0.1, 0.15) is 64.4 Å². The summed E-state index contributed by atoms with van der Waals surface area (Å²) >= 11 is 0. The number of rotatable bonds is 5. The molecule has 1 N–H and O–H groups in total. The van der Waals surface area contributed by atoms with Gasteiger partial charge in [0.1, 0.15) is 18.0 Å². The highest BCUT2D eigenvalue weighted by Crippen LogP contribution is 2.31. The zero-order chi connectivity index (χ0) is 14.4. The summed E-state index contributed by atoms with van der Waals surface area (Å²) in [4.78, 5) is 11.5. The number of nitrogens with one attached hydrogen (secondary N) is 1. The molecule has 0 aromatic carbocycles. The lowest BCUT2D eigenvalue weighted by atomic mass is 10.0. The van der Waals surface area contributed by atoms with Crippen LogP contribution in [-0.4, -0.2) is 29.6 Å². The molecule has 0 atom stereocenters. The third-order valence-electron chi connectivity index (χ3n) is 3.89. The van der Waals surface area contributed by atoms with Gasteiger partial charge in [-0.1, -0.05) is 33.6 Å². The van der Waals surface area contributed by atoms with Gasteiger partial charge in [0, 0.05) is 25.2 Å². The Labute approximate surface area is 123 Å². The predicted octanol–water partition coefficient (Wildman–Crippen LogP) is 3.80. The molecule has 4 nitrogen and oxygen atoms in total. The summed E-state index contributed by atoms with van der Waals surface area (Å²) in [6.07, 6.45) is 8.07. The molecule has 1 aliphatic heterocycles. The number of anilines is 2. The second-order valence-corrected chi connectivity index (χ2v) is 5.94. The van der Waals surface area contributed by atoms with Crippen molar-refractivity contribution in [3.8, 4) is 0 Å². The summed E-state index contributed by atoms with van der Waals surface area (Å²) in [5.74, 6) is 2.61. The van der Waals surface area contributed by atoms with Crippen molar-refractivity contribution in [3.63, 3.8) is 0 Å². The predicted molar refractivity (Wildman–Crippen MR) is 85.6 cm³/mol. The van der Waals surface area contributed by atoms with E-state index in [9.17, 15) is 0 Å². The average Bonchev–Trinajstić information content (AvgIpc) is 2.73. The van der Waals surface area contributed by atoms with E-state index >= 15 is 0 Å². The molecule has 112 valence electrons. The van der Waals surface area contributed by atoms with Crippen molar-refractivity contribution in [3.05, 3.63) is 11.9 Å². The molecule has 0 bridgehead atoms. The van der Waals surface area contributed by atoms with Crippen molar-refractivity contribution in [2.24, 2.45) is 0 Å². The van der Waals surface area contributed by atoms with Crippen LogP contribution in [0.3, 0.4) is 0 Å². The molecule has 0 radical (unpaired) electrons. The van der Waals surface area contributed by atoms with Gasteiger partial charge in [-0.2, -0.15) is 0 Å². The molecule has 4 heteroatoms. The van der Waals surface area contributed by atoms with Gasteiger partial charge in [0.2, 0.25) is 0 Å². The minimum Gasteiger partial charge on any atom is -0.370 e. The van der Waals surface area contributed by atoms with Crippen molar-refractivity contribution < 1.29 is 0 Å². The first-order valence-corrected chi connectivity index (χ1v) is 8.07. The fourth-order valence-corrected chi connectivity index (χ4v) is 2.84. The maximum Gasteiger partial charge on any atom is 0.137 e. The Balaban J connectivity index is 2.30. The smallest absolute Gasteiger partial charge is 0.137 e. The van der Waals surface area contributed by atoms with E-state index in [2.05, 4.69) is 41.0 Å². The fourth-order valence-electron chi connectivity index (χ4n) is 2.84. The highest BCUT2D eigenvalue weighted by molar-refractivity contribution is 5.60. The third-order valence-corrected chi connectivity index (χ3v) is 3.89. The van der Waals surface area contributed by atoms with Gasteiger partial charge in [-0.3, -0.25) is 0 Å². The Hall–Kier alpha value is -1.32. The highest BCUT2D eigenvalue weighted by Gasteiger charge is 2.20. The molecule has 0 saturated carbocycles. The second kappa shape index (κ2) is 7.46. The first-order valence-electron chi connectivity index (χ1n) is 8.07. The Morgan fingerprint density at radius 2 is 1.85 bits per heavy atom. The molecule has 0 amide bonds. The molecule has 0 spiro atoms. The van der Waals surface area contributed by atoms with Crippen LogP contribution in [0.4, 0.5) is 11.6 Å². The molecule has 20 heavy (non-hydrogen) atoms. The van der Waals surface area contributed by atoms with Gasteiger partial charge < -0.3 is 10.2 Å². The molecule has 1 aliphatic rings. The van der Waals surface area contributed by atoms with Crippen LogP contribution in [0, 0.1) is 0 Å². The fraction of sp³-hybridized carbons (Fsp3) is 0.750.